The van der Waals surface area contributed by atoms with Gasteiger partial charge in [-0.25, -0.2) is 9.18 Å². The third-order valence-corrected chi connectivity index (χ3v) is 4.58. The van der Waals surface area contributed by atoms with Crippen molar-refractivity contribution in [3.8, 4) is 0 Å². The summed E-state index contributed by atoms with van der Waals surface area (Å²) in [5.41, 5.74) is 1.45. The molecule has 0 aliphatic rings. The van der Waals surface area contributed by atoms with Crippen LogP contribution in [0.25, 0.3) is 0 Å². The Bertz CT molecular complexity index is 855. The number of hydrogen-bond acceptors (Lipinski definition) is 7. The van der Waals surface area contributed by atoms with Crippen LogP contribution in [0.3, 0.4) is 0 Å². The van der Waals surface area contributed by atoms with Crippen molar-refractivity contribution in [1.29, 1.82) is 0 Å². The molecule has 10 heteroatoms. The third-order valence-electron chi connectivity index (χ3n) is 3.54. The van der Waals surface area contributed by atoms with Gasteiger partial charge in [0.05, 0.1) is 6.54 Å². The van der Waals surface area contributed by atoms with Gasteiger partial charge < -0.3 is 10.1 Å². The topological polar surface area (TPSA) is 77.1 Å². The molecule has 0 saturated heterocycles. The lowest BCUT2D eigenvalue weighted by atomic mass is 10.2. The molecule has 0 aliphatic heterocycles. The normalized spacial score (nSPS) is 10.7. The number of anilines is 1. The van der Waals surface area contributed by atoms with Crippen molar-refractivity contribution in [3.05, 3.63) is 63.3 Å². The lowest BCUT2D eigenvalue weighted by molar-refractivity contribution is -0.401. The molecule has 0 saturated carbocycles. The molecule has 2 aromatic carbocycles. The zero-order chi connectivity index (χ0) is 21.2. The van der Waals surface area contributed by atoms with E-state index in [1.165, 1.54) is 30.2 Å². The van der Waals surface area contributed by atoms with Crippen molar-refractivity contribution in [1.82, 2.24) is 5.06 Å². The molecule has 0 radical (unpaired) electrons. The van der Waals surface area contributed by atoms with E-state index in [1.54, 1.807) is 0 Å². The van der Waals surface area contributed by atoms with Gasteiger partial charge in [-0.1, -0.05) is 34.8 Å². The minimum atomic E-state index is -0.880. The van der Waals surface area contributed by atoms with Crippen molar-refractivity contribution in [2.75, 3.05) is 25.0 Å². The summed E-state index contributed by atoms with van der Waals surface area (Å²) in [5, 5.41) is 4.75. The molecular weight excluding hydrogens is 471 g/mol. The van der Waals surface area contributed by atoms with Crippen LogP contribution in [0.15, 0.2) is 46.9 Å². The molecule has 156 valence electrons. The van der Waals surface area contributed by atoms with E-state index >= 15 is 0 Å². The van der Waals surface area contributed by atoms with Gasteiger partial charge >= 0.3 is 11.9 Å². The fourth-order valence-corrected chi connectivity index (χ4v) is 2.83. The average molecular weight is 490 g/mol. The maximum Gasteiger partial charge on any atom is 0.381 e. The van der Waals surface area contributed by atoms with Crippen molar-refractivity contribution in [3.63, 3.8) is 0 Å². The van der Waals surface area contributed by atoms with Crippen LogP contribution in [0, 0.1) is 5.82 Å². The summed E-state index contributed by atoms with van der Waals surface area (Å²) in [6.45, 7) is 1.44. The minimum absolute atomic E-state index is 0.123. The van der Waals surface area contributed by atoms with E-state index in [0.29, 0.717) is 12.1 Å². The van der Waals surface area contributed by atoms with Crippen molar-refractivity contribution in [2.45, 2.75) is 13.5 Å². The monoisotopic (exact) mass is 488 g/mol. The van der Waals surface area contributed by atoms with Crippen LogP contribution in [0.2, 0.25) is 5.02 Å². The van der Waals surface area contributed by atoms with E-state index in [9.17, 15) is 14.0 Å². The van der Waals surface area contributed by atoms with Gasteiger partial charge in [-0.15, -0.1) is 5.06 Å². The second-order valence-electron chi connectivity index (χ2n) is 5.82. The van der Waals surface area contributed by atoms with Gasteiger partial charge in [0.25, 0.3) is 0 Å². The van der Waals surface area contributed by atoms with E-state index < -0.39 is 24.4 Å². The fraction of sp³-hybridized carbons (Fsp3) is 0.263. The van der Waals surface area contributed by atoms with Crippen LogP contribution in [0.4, 0.5) is 10.1 Å². The Morgan fingerprint density at radius 3 is 2.69 bits per heavy atom. The van der Waals surface area contributed by atoms with Gasteiger partial charge in [-0.05, 0) is 45.8 Å². The maximum atomic E-state index is 13.3. The Labute approximate surface area is 180 Å². The molecule has 29 heavy (non-hydrogen) atoms. The Morgan fingerprint density at radius 1 is 1.24 bits per heavy atom. The standard InChI is InChI=1S/C19H19BrClFN2O5/c1-13(25)27-12-19(26)28-29-24(11-14-6-7-15(22)10-17(14)21)9-8-23-18-5-3-2-4-16(18)20/h2-7,10,23H,8-9,11-12H2,1H3. The van der Waals surface area contributed by atoms with Gasteiger partial charge in [0.15, 0.2) is 6.61 Å². The molecule has 2 rings (SSSR count). The number of carbonyl (C=O) groups excluding carboxylic acids is 2. The first kappa shape index (κ1) is 23.1. The average Bonchev–Trinajstić information content (AvgIpc) is 2.67. The van der Waals surface area contributed by atoms with Crippen molar-refractivity contribution >= 4 is 45.2 Å². The van der Waals surface area contributed by atoms with Gasteiger partial charge in [0.2, 0.25) is 0 Å². The molecule has 0 amide bonds. The highest BCUT2D eigenvalue weighted by atomic mass is 79.9. The predicted octanol–water partition coefficient (Wildman–Crippen LogP) is 4.11. The zero-order valence-electron chi connectivity index (χ0n) is 15.5. The summed E-state index contributed by atoms with van der Waals surface area (Å²) < 4.78 is 18.7. The van der Waals surface area contributed by atoms with Crippen LogP contribution in [-0.2, 0) is 30.7 Å². The lowest BCUT2D eigenvalue weighted by Gasteiger charge is -2.20. The number of hydrogen-bond donors (Lipinski definition) is 1. The molecule has 0 bridgehead atoms. The van der Waals surface area contributed by atoms with Crippen LogP contribution in [0.5, 0.6) is 0 Å². The number of halogens is 3. The van der Waals surface area contributed by atoms with Gasteiger partial charge in [-0.3, -0.25) is 9.68 Å². The number of rotatable bonds is 10. The molecule has 7 nitrogen and oxygen atoms in total. The number of esters is 1. The molecule has 2 aromatic rings. The molecule has 0 aromatic heterocycles. The summed E-state index contributed by atoms with van der Waals surface area (Å²) in [6, 6.07) is 11.5. The van der Waals surface area contributed by atoms with Gasteiger partial charge in [0, 0.05) is 35.2 Å². The maximum absolute atomic E-state index is 13.3. The van der Waals surface area contributed by atoms with Gasteiger partial charge in [0.1, 0.15) is 5.82 Å². The third kappa shape index (κ3) is 8.36. The van der Waals surface area contributed by atoms with Crippen LogP contribution in [0.1, 0.15) is 12.5 Å². The highest BCUT2D eigenvalue weighted by molar-refractivity contribution is 9.10. The molecule has 0 aliphatic carbocycles. The summed E-state index contributed by atoms with van der Waals surface area (Å²) in [4.78, 5) is 32.1. The lowest BCUT2D eigenvalue weighted by Crippen LogP contribution is -2.31. The first-order valence-corrected chi connectivity index (χ1v) is 9.70. The Hall–Kier alpha value is -2.20. The molecule has 1 N–H and O–H groups in total. The highest BCUT2D eigenvalue weighted by Crippen LogP contribution is 2.21. The number of para-hydroxylation sites is 1. The molecule has 0 unspecified atom stereocenters. The molecule has 0 heterocycles. The smallest absolute Gasteiger partial charge is 0.381 e. The molecule has 0 atom stereocenters. The van der Waals surface area contributed by atoms with E-state index in [-0.39, 0.29) is 18.1 Å². The number of benzene rings is 2. The van der Waals surface area contributed by atoms with Crippen molar-refractivity contribution in [2.24, 2.45) is 0 Å². The highest BCUT2D eigenvalue weighted by Gasteiger charge is 2.15. The summed E-state index contributed by atoms with van der Waals surface area (Å²) >= 11 is 9.50. The van der Waals surface area contributed by atoms with Gasteiger partial charge in [-0.2, -0.15) is 0 Å². The Morgan fingerprint density at radius 2 is 2.00 bits per heavy atom. The minimum Gasteiger partial charge on any atom is -0.454 e. The van der Waals surface area contributed by atoms with Crippen LogP contribution < -0.4 is 5.32 Å². The zero-order valence-corrected chi connectivity index (χ0v) is 17.8. The number of carbonyl (C=O) groups is 2. The quantitative estimate of drug-likeness (QED) is 0.306. The summed E-state index contributed by atoms with van der Waals surface area (Å²) in [6.07, 6.45) is 0. The second-order valence-corrected chi connectivity index (χ2v) is 7.08. The SMILES string of the molecule is CC(=O)OCC(=O)OON(CCNc1ccccc1Br)Cc1ccc(F)cc1Cl. The predicted molar refractivity (Wildman–Crippen MR) is 108 cm³/mol. The number of nitrogens with one attached hydrogen (secondary N) is 1. The number of nitrogens with zero attached hydrogens (tertiary/aromatic N) is 1. The van der Waals surface area contributed by atoms with E-state index in [4.69, 9.17) is 16.6 Å². The van der Waals surface area contributed by atoms with Crippen LogP contribution >= 0.6 is 27.5 Å². The summed E-state index contributed by atoms with van der Waals surface area (Å²) in [7, 11) is 0. The first-order valence-electron chi connectivity index (χ1n) is 8.53. The Balaban J connectivity index is 1.96. The number of hydroxylamine groups is 2. The van der Waals surface area contributed by atoms with E-state index in [2.05, 4.69) is 30.9 Å². The largest absolute Gasteiger partial charge is 0.454 e. The molecular formula is C19H19BrClFN2O5. The fourth-order valence-electron chi connectivity index (χ4n) is 2.18. The first-order chi connectivity index (χ1) is 13.8. The van der Waals surface area contributed by atoms with Crippen LogP contribution in [-0.4, -0.2) is 36.7 Å². The van der Waals surface area contributed by atoms with E-state index in [1.807, 2.05) is 24.3 Å². The molecule has 0 spiro atoms. The second kappa shape index (κ2) is 11.7. The van der Waals surface area contributed by atoms with E-state index in [0.717, 1.165) is 10.2 Å². The molecule has 0 fully saturated rings. The van der Waals surface area contributed by atoms with Crippen molar-refractivity contribution < 1.29 is 28.6 Å². The Kier molecular flexibility index (Phi) is 9.33. The number of ether oxygens (including phenoxy) is 1. The summed E-state index contributed by atoms with van der Waals surface area (Å²) in [5.74, 6) is -1.96.